The Bertz CT molecular complexity index is 630. The molecule has 5 aliphatic rings. The number of fused-ring (bicyclic) bond motifs is 2. The van der Waals surface area contributed by atoms with Crippen LogP contribution in [0.1, 0.15) is 72.6 Å². The molecule has 9 atom stereocenters. The zero-order chi connectivity index (χ0) is 18.5. The number of Topliss-reactive ketones (excluding diaryl/α,β-unsaturated/α-hetero) is 1. The van der Waals surface area contributed by atoms with E-state index in [1.807, 2.05) is 13.8 Å². The van der Waals surface area contributed by atoms with Gasteiger partial charge in [0.2, 0.25) is 0 Å². The van der Waals surface area contributed by atoms with Crippen molar-refractivity contribution in [1.82, 2.24) is 0 Å². The van der Waals surface area contributed by atoms with Crippen molar-refractivity contribution < 1.29 is 19.4 Å². The van der Waals surface area contributed by atoms with Gasteiger partial charge in [-0.2, -0.15) is 0 Å². The second-order valence-electron chi connectivity index (χ2n) is 10.8. The second kappa shape index (κ2) is 5.33. The Labute approximate surface area is 157 Å². The molecule has 1 saturated heterocycles. The summed E-state index contributed by atoms with van der Waals surface area (Å²) in [6.07, 6.45) is 6.48. The van der Waals surface area contributed by atoms with Gasteiger partial charge < -0.3 is 14.6 Å². The van der Waals surface area contributed by atoms with Crippen molar-refractivity contribution in [2.24, 2.45) is 34.5 Å². The monoisotopic (exact) mass is 362 g/mol. The number of aliphatic hydroxyl groups excluding tert-OH is 1. The summed E-state index contributed by atoms with van der Waals surface area (Å²) in [5, 5.41) is 10.5. The average Bonchev–Trinajstić information content (AvgIpc) is 2.78. The van der Waals surface area contributed by atoms with Crippen LogP contribution in [0.25, 0.3) is 0 Å². The lowest BCUT2D eigenvalue weighted by molar-refractivity contribution is -0.261. The van der Waals surface area contributed by atoms with Crippen molar-refractivity contribution in [3.63, 3.8) is 0 Å². The fraction of sp³-hybridized carbons (Fsp3) is 0.955. The summed E-state index contributed by atoms with van der Waals surface area (Å²) in [6.45, 7) is 8.66. The third-order valence-corrected chi connectivity index (χ3v) is 9.19. The lowest BCUT2D eigenvalue weighted by atomic mass is 9.43. The van der Waals surface area contributed by atoms with E-state index in [1.165, 1.54) is 6.42 Å². The van der Waals surface area contributed by atoms with Crippen LogP contribution in [0.4, 0.5) is 0 Å². The molecule has 0 aromatic carbocycles. The molecule has 0 aromatic heterocycles. The number of hydrogen-bond donors (Lipinski definition) is 1. The fourth-order valence-corrected chi connectivity index (χ4v) is 8.14. The Morgan fingerprint density at radius 2 is 1.81 bits per heavy atom. The van der Waals surface area contributed by atoms with Crippen LogP contribution >= 0.6 is 0 Å². The standard InChI is InChI=1S/C22H34O4/c1-20(2)25-16-11-21(3)15(7-8-17(21)24)14-6-5-12-9-13(23)10-18(26-20)22(12,4)19(14)16/h12-16,18-19,23H,5-11H2,1-4H3/t12-,13+,14-,15-,16+,18-,19+,21-,22+/m0/s1. The van der Waals surface area contributed by atoms with Crippen LogP contribution in [0.5, 0.6) is 0 Å². The largest absolute Gasteiger partial charge is 0.393 e. The van der Waals surface area contributed by atoms with Crippen LogP contribution < -0.4 is 0 Å². The van der Waals surface area contributed by atoms with Gasteiger partial charge in [-0.25, -0.2) is 0 Å². The van der Waals surface area contributed by atoms with E-state index in [0.29, 0.717) is 29.5 Å². The van der Waals surface area contributed by atoms with Crippen LogP contribution in [-0.4, -0.2) is 35.0 Å². The van der Waals surface area contributed by atoms with Crippen molar-refractivity contribution >= 4 is 5.78 Å². The van der Waals surface area contributed by atoms with Crippen LogP contribution in [0.3, 0.4) is 0 Å². The van der Waals surface area contributed by atoms with Gasteiger partial charge in [-0.15, -0.1) is 0 Å². The smallest absolute Gasteiger partial charge is 0.163 e. The van der Waals surface area contributed by atoms with Gasteiger partial charge in [-0.05, 0) is 69.6 Å². The highest BCUT2D eigenvalue weighted by Crippen LogP contribution is 2.67. The minimum atomic E-state index is -0.660. The molecule has 4 nitrogen and oxygen atoms in total. The van der Waals surface area contributed by atoms with E-state index in [0.717, 1.165) is 38.5 Å². The van der Waals surface area contributed by atoms with Crippen LogP contribution in [0.15, 0.2) is 0 Å². The molecule has 5 fully saturated rings. The SMILES string of the molecule is CC1(C)O[C@H]2C[C@H](O)C[C@@H]3CC[C@@H]4[C@H]([C@@H](C[C@]5(C)C(=O)CC[C@@H]45)O1)[C@]32C. The summed E-state index contributed by atoms with van der Waals surface area (Å²) in [5.74, 6) is 1.80. The normalized spacial score (nSPS) is 57.9. The van der Waals surface area contributed by atoms with Crippen LogP contribution in [0, 0.1) is 34.5 Å². The van der Waals surface area contributed by atoms with Gasteiger partial charge in [0.1, 0.15) is 5.78 Å². The van der Waals surface area contributed by atoms with Gasteiger partial charge >= 0.3 is 0 Å². The van der Waals surface area contributed by atoms with E-state index in [2.05, 4.69) is 13.8 Å². The quantitative estimate of drug-likeness (QED) is 0.714. The van der Waals surface area contributed by atoms with Gasteiger partial charge in [0, 0.05) is 23.7 Å². The molecule has 1 aliphatic heterocycles. The number of hydrogen-bond acceptors (Lipinski definition) is 4. The first kappa shape index (κ1) is 17.6. The molecule has 5 rings (SSSR count). The molecule has 0 radical (unpaired) electrons. The highest BCUT2D eigenvalue weighted by atomic mass is 16.7. The topological polar surface area (TPSA) is 55.8 Å². The van der Waals surface area contributed by atoms with Gasteiger partial charge in [-0.3, -0.25) is 4.79 Å². The van der Waals surface area contributed by atoms with E-state index >= 15 is 0 Å². The minimum Gasteiger partial charge on any atom is -0.393 e. The summed E-state index contributed by atoms with van der Waals surface area (Å²) in [7, 11) is 0. The van der Waals surface area contributed by atoms with Gasteiger partial charge in [0.05, 0.1) is 18.3 Å². The molecule has 0 spiro atoms. The summed E-state index contributed by atoms with van der Waals surface area (Å²) in [4.78, 5) is 12.8. The van der Waals surface area contributed by atoms with E-state index in [1.54, 1.807) is 0 Å². The first-order chi connectivity index (χ1) is 12.1. The molecule has 4 heteroatoms. The summed E-state index contributed by atoms with van der Waals surface area (Å²) < 4.78 is 13.1. The molecular weight excluding hydrogens is 328 g/mol. The Kier molecular flexibility index (Phi) is 3.61. The van der Waals surface area contributed by atoms with E-state index in [4.69, 9.17) is 9.47 Å². The van der Waals surface area contributed by atoms with E-state index in [9.17, 15) is 9.90 Å². The molecule has 1 N–H and O–H groups in total. The predicted octanol–water partition coefficient (Wildman–Crippen LogP) is 3.70. The third kappa shape index (κ3) is 2.15. The minimum absolute atomic E-state index is 0.0468. The number of ketones is 1. The molecule has 0 amide bonds. The molecule has 0 aromatic rings. The second-order valence-corrected chi connectivity index (χ2v) is 10.8. The first-order valence-electron chi connectivity index (χ1n) is 10.7. The highest BCUT2D eigenvalue weighted by molar-refractivity contribution is 5.87. The molecule has 1 heterocycles. The third-order valence-electron chi connectivity index (χ3n) is 9.19. The van der Waals surface area contributed by atoms with E-state index < -0.39 is 5.79 Å². The first-order valence-corrected chi connectivity index (χ1v) is 10.7. The van der Waals surface area contributed by atoms with Crippen LogP contribution in [0.2, 0.25) is 0 Å². The highest BCUT2D eigenvalue weighted by Gasteiger charge is 2.68. The van der Waals surface area contributed by atoms with Crippen LogP contribution in [-0.2, 0) is 14.3 Å². The average molecular weight is 363 g/mol. The molecule has 146 valence electrons. The van der Waals surface area contributed by atoms with E-state index in [-0.39, 0.29) is 29.1 Å². The lowest BCUT2D eigenvalue weighted by Crippen LogP contribution is -2.62. The molecule has 4 saturated carbocycles. The van der Waals surface area contributed by atoms with Gasteiger partial charge in [-0.1, -0.05) is 13.8 Å². The maximum absolute atomic E-state index is 12.8. The number of ether oxygens (including phenoxy) is 2. The summed E-state index contributed by atoms with van der Waals surface area (Å²) in [6, 6.07) is 0. The fourth-order valence-electron chi connectivity index (χ4n) is 8.14. The van der Waals surface area contributed by atoms with Gasteiger partial charge in [0.25, 0.3) is 0 Å². The van der Waals surface area contributed by atoms with Gasteiger partial charge in [0.15, 0.2) is 5.79 Å². The Morgan fingerprint density at radius 1 is 1.04 bits per heavy atom. The zero-order valence-electron chi connectivity index (χ0n) is 16.7. The Hall–Kier alpha value is -0.450. The zero-order valence-corrected chi connectivity index (χ0v) is 16.7. The molecule has 4 aliphatic carbocycles. The molecule has 26 heavy (non-hydrogen) atoms. The number of carbonyl (C=O) groups excluding carboxylic acids is 1. The number of rotatable bonds is 0. The maximum atomic E-state index is 12.8. The summed E-state index contributed by atoms with van der Waals surface area (Å²) in [5.41, 5.74) is -0.160. The number of aliphatic hydroxyl groups is 1. The molecular formula is C22H34O4. The van der Waals surface area contributed by atoms with Crippen molar-refractivity contribution in [2.45, 2.75) is 96.7 Å². The van der Waals surface area contributed by atoms with Crippen molar-refractivity contribution in [3.8, 4) is 0 Å². The van der Waals surface area contributed by atoms with Crippen molar-refractivity contribution in [3.05, 3.63) is 0 Å². The Morgan fingerprint density at radius 3 is 2.58 bits per heavy atom. The molecule has 0 unspecified atom stereocenters. The van der Waals surface area contributed by atoms with Crippen molar-refractivity contribution in [1.29, 1.82) is 0 Å². The number of carbonyl (C=O) groups is 1. The predicted molar refractivity (Wildman–Crippen MR) is 97.3 cm³/mol. The molecule has 0 bridgehead atoms. The lowest BCUT2D eigenvalue weighted by Gasteiger charge is -2.62. The summed E-state index contributed by atoms with van der Waals surface area (Å²) >= 11 is 0. The Balaban J connectivity index is 1.63. The van der Waals surface area contributed by atoms with Crippen molar-refractivity contribution in [2.75, 3.05) is 0 Å². The maximum Gasteiger partial charge on any atom is 0.163 e.